The molecule has 0 spiro atoms. The Bertz CT molecular complexity index is 98.1. The van der Waals surface area contributed by atoms with Crippen molar-refractivity contribution < 1.29 is 9.13 Å². The molecule has 0 unspecified atom stereocenters. The molecular weight excluding hydrogens is 101 g/mol. The highest BCUT2D eigenvalue weighted by atomic mass is 31.1. The minimum Gasteiger partial charge on any atom is -0.312 e. The molecule has 0 aromatic rings. The Kier molecular flexibility index (Phi) is 2.59. The number of hydrogen-bond acceptors (Lipinski definition) is 3. The zero-order valence-corrected chi connectivity index (χ0v) is 3.94. The summed E-state index contributed by atoms with van der Waals surface area (Å²) in [5.74, 6) is 0. The van der Waals surface area contributed by atoms with Crippen LogP contribution >= 0.6 is 7.68 Å². The van der Waals surface area contributed by atoms with Crippen LogP contribution in [0.15, 0.2) is 0 Å². The molecule has 0 rings (SSSR count). The normalized spacial score (nSPS) is 7.33. The molecule has 4 heteroatoms. The van der Waals surface area contributed by atoms with Gasteiger partial charge in [-0.1, -0.05) is 0 Å². The van der Waals surface area contributed by atoms with Crippen LogP contribution in [-0.2, 0) is 9.13 Å². The SMILES string of the molecule is N=CCP(=O)=O. The third-order valence-electron chi connectivity index (χ3n) is 0.240. The lowest BCUT2D eigenvalue weighted by atomic mass is 10.9. The van der Waals surface area contributed by atoms with Crippen molar-refractivity contribution in [2.75, 3.05) is 6.16 Å². The summed E-state index contributed by atoms with van der Waals surface area (Å²) < 4.78 is 19.0. The standard InChI is InChI=1S/C2H4NO2P/c3-1-2-6(4)5/h1,3H,2H2. The van der Waals surface area contributed by atoms with Crippen molar-refractivity contribution in [3.8, 4) is 0 Å². The van der Waals surface area contributed by atoms with Crippen LogP contribution < -0.4 is 0 Å². The molecule has 34 valence electrons. The van der Waals surface area contributed by atoms with Crippen LogP contribution in [0.1, 0.15) is 0 Å². The Morgan fingerprint density at radius 3 is 2.17 bits per heavy atom. The first kappa shape index (κ1) is 5.57. The zero-order valence-electron chi connectivity index (χ0n) is 3.05. The largest absolute Gasteiger partial charge is 0.321 e. The van der Waals surface area contributed by atoms with Gasteiger partial charge in [-0.3, -0.25) is 0 Å². The van der Waals surface area contributed by atoms with Crippen LogP contribution in [0.25, 0.3) is 0 Å². The molecule has 0 amide bonds. The molecule has 0 atom stereocenters. The summed E-state index contributed by atoms with van der Waals surface area (Å²) in [6, 6.07) is 0. The van der Waals surface area contributed by atoms with E-state index >= 15 is 0 Å². The molecule has 0 fully saturated rings. The zero-order chi connectivity index (χ0) is 4.99. The second-order valence-electron chi connectivity index (χ2n) is 0.719. The summed E-state index contributed by atoms with van der Waals surface area (Å²) in [5.41, 5.74) is 0. The van der Waals surface area contributed by atoms with E-state index in [2.05, 4.69) is 0 Å². The second kappa shape index (κ2) is 2.79. The van der Waals surface area contributed by atoms with Crippen molar-refractivity contribution in [1.29, 1.82) is 5.41 Å². The predicted octanol–water partition coefficient (Wildman–Crippen LogP) is 0.809. The molecule has 0 aliphatic rings. The predicted molar refractivity (Wildman–Crippen MR) is 21.9 cm³/mol. The highest BCUT2D eigenvalue weighted by Gasteiger charge is 1.78. The van der Waals surface area contributed by atoms with Gasteiger partial charge < -0.3 is 5.41 Å². The Balaban J connectivity index is 3.32. The van der Waals surface area contributed by atoms with Gasteiger partial charge in [0.2, 0.25) is 0 Å². The smallest absolute Gasteiger partial charge is 0.312 e. The Morgan fingerprint density at radius 1 is 1.67 bits per heavy atom. The summed E-state index contributed by atoms with van der Waals surface area (Å²) in [6.45, 7) is 0. The van der Waals surface area contributed by atoms with E-state index in [1.165, 1.54) is 0 Å². The van der Waals surface area contributed by atoms with Crippen molar-refractivity contribution in [3.05, 3.63) is 0 Å². The molecule has 0 aromatic heterocycles. The minimum atomic E-state index is -2.34. The van der Waals surface area contributed by atoms with Gasteiger partial charge in [-0.25, -0.2) is 9.13 Å². The van der Waals surface area contributed by atoms with E-state index in [9.17, 15) is 9.13 Å². The third kappa shape index (κ3) is 3.57. The molecule has 0 saturated heterocycles. The van der Waals surface area contributed by atoms with E-state index in [4.69, 9.17) is 5.41 Å². The first-order valence-corrected chi connectivity index (χ1v) is 2.74. The Morgan fingerprint density at radius 2 is 2.17 bits per heavy atom. The summed E-state index contributed by atoms with van der Waals surface area (Å²) in [6.07, 6.45) is 0.723. The molecule has 0 heterocycles. The van der Waals surface area contributed by atoms with Gasteiger partial charge in [0.25, 0.3) is 0 Å². The minimum absolute atomic E-state index is 0.130. The Hall–Kier alpha value is -0.430. The molecule has 0 aliphatic heterocycles. The highest BCUT2D eigenvalue weighted by Crippen LogP contribution is 1.95. The maximum absolute atomic E-state index is 9.49. The molecule has 0 aliphatic carbocycles. The second-order valence-corrected chi connectivity index (χ2v) is 1.75. The first-order valence-electron chi connectivity index (χ1n) is 1.38. The van der Waals surface area contributed by atoms with Gasteiger partial charge in [0, 0.05) is 6.21 Å². The van der Waals surface area contributed by atoms with E-state index in [0.717, 1.165) is 6.21 Å². The molecule has 0 radical (unpaired) electrons. The fourth-order valence-corrected chi connectivity index (χ4v) is 0.224. The molecule has 0 saturated carbocycles. The first-order chi connectivity index (χ1) is 2.77. The van der Waals surface area contributed by atoms with Gasteiger partial charge in [-0.15, -0.1) is 0 Å². The van der Waals surface area contributed by atoms with Crippen LogP contribution in [0, 0.1) is 5.41 Å². The van der Waals surface area contributed by atoms with Crippen molar-refractivity contribution in [1.82, 2.24) is 0 Å². The fraction of sp³-hybridized carbons (Fsp3) is 0.500. The van der Waals surface area contributed by atoms with Crippen LogP contribution in [0.5, 0.6) is 0 Å². The summed E-state index contributed by atoms with van der Waals surface area (Å²) >= 11 is 0. The van der Waals surface area contributed by atoms with Gasteiger partial charge in [0.05, 0.1) is 6.16 Å². The average molecular weight is 105 g/mol. The van der Waals surface area contributed by atoms with E-state index < -0.39 is 7.68 Å². The summed E-state index contributed by atoms with van der Waals surface area (Å²) in [5, 5.41) is 6.22. The highest BCUT2D eigenvalue weighted by molar-refractivity contribution is 7.31. The van der Waals surface area contributed by atoms with Crippen LogP contribution in [-0.4, -0.2) is 12.4 Å². The van der Waals surface area contributed by atoms with Gasteiger partial charge in [0.15, 0.2) is 0 Å². The van der Waals surface area contributed by atoms with Crippen LogP contribution in [0.2, 0.25) is 0 Å². The number of rotatable bonds is 2. The van der Waals surface area contributed by atoms with E-state index in [0.29, 0.717) is 0 Å². The molecule has 3 nitrogen and oxygen atoms in total. The number of hydrogen-bond donors (Lipinski definition) is 1. The summed E-state index contributed by atoms with van der Waals surface area (Å²) in [7, 11) is -2.34. The monoisotopic (exact) mass is 105 g/mol. The van der Waals surface area contributed by atoms with E-state index in [-0.39, 0.29) is 6.16 Å². The molecule has 0 bridgehead atoms. The number of nitrogens with one attached hydrogen (secondary N) is 1. The van der Waals surface area contributed by atoms with Gasteiger partial charge >= 0.3 is 7.68 Å². The van der Waals surface area contributed by atoms with Crippen molar-refractivity contribution in [2.24, 2.45) is 0 Å². The average Bonchev–Trinajstić information content (AvgIpc) is 1.35. The fourth-order valence-electron chi connectivity index (χ4n) is 0.0745. The van der Waals surface area contributed by atoms with Crippen LogP contribution in [0.3, 0.4) is 0 Å². The lowest BCUT2D eigenvalue weighted by Gasteiger charge is -1.59. The molecule has 1 N–H and O–H groups in total. The van der Waals surface area contributed by atoms with Crippen LogP contribution in [0.4, 0.5) is 0 Å². The van der Waals surface area contributed by atoms with Crippen molar-refractivity contribution in [2.45, 2.75) is 0 Å². The maximum atomic E-state index is 9.49. The topological polar surface area (TPSA) is 58.0 Å². The molecular formula is C2H4NO2P. The van der Waals surface area contributed by atoms with E-state index in [1.807, 2.05) is 0 Å². The molecule has 6 heavy (non-hydrogen) atoms. The van der Waals surface area contributed by atoms with Crippen molar-refractivity contribution >= 4 is 13.9 Å². The molecule has 0 aromatic carbocycles. The maximum Gasteiger partial charge on any atom is 0.321 e. The lowest BCUT2D eigenvalue weighted by Crippen LogP contribution is -1.66. The Labute approximate surface area is 35.7 Å². The van der Waals surface area contributed by atoms with Gasteiger partial charge in [-0.2, -0.15) is 0 Å². The van der Waals surface area contributed by atoms with Gasteiger partial charge in [0.1, 0.15) is 0 Å². The third-order valence-corrected chi connectivity index (χ3v) is 0.721. The van der Waals surface area contributed by atoms with E-state index in [1.54, 1.807) is 0 Å². The quantitative estimate of drug-likeness (QED) is 0.417. The van der Waals surface area contributed by atoms with Crippen molar-refractivity contribution in [3.63, 3.8) is 0 Å². The lowest BCUT2D eigenvalue weighted by molar-refractivity contribution is 0.518. The van der Waals surface area contributed by atoms with Gasteiger partial charge in [-0.05, 0) is 0 Å². The summed E-state index contributed by atoms with van der Waals surface area (Å²) in [4.78, 5) is 0.